The predicted molar refractivity (Wildman–Crippen MR) is 123 cm³/mol. The molecule has 0 radical (unpaired) electrons. The van der Waals surface area contributed by atoms with E-state index in [-0.39, 0.29) is 36.6 Å². The number of ether oxygens (including phenoxy) is 1. The van der Waals surface area contributed by atoms with E-state index in [2.05, 4.69) is 60.3 Å². The Morgan fingerprint density at radius 1 is 1.13 bits per heavy atom. The monoisotopic (exact) mass is 421 g/mol. The van der Waals surface area contributed by atoms with E-state index in [0.717, 1.165) is 12.0 Å². The van der Waals surface area contributed by atoms with Crippen molar-refractivity contribution >= 4 is 16.8 Å². The van der Waals surface area contributed by atoms with Gasteiger partial charge in [-0.2, -0.15) is 0 Å². The number of aryl methyl sites for hydroxylation is 1. The lowest BCUT2D eigenvalue weighted by Crippen LogP contribution is -2.34. The fourth-order valence-electron chi connectivity index (χ4n) is 3.57. The Bertz CT molecular complexity index is 1060. The topological polar surface area (TPSA) is 84.1 Å². The third-order valence-corrected chi connectivity index (χ3v) is 5.27. The molecule has 1 aromatic heterocycles. The summed E-state index contributed by atoms with van der Waals surface area (Å²) in [5, 5.41) is 3.60. The van der Waals surface area contributed by atoms with E-state index >= 15 is 0 Å². The molecule has 0 fully saturated rings. The number of rotatable bonds is 10. The van der Waals surface area contributed by atoms with Crippen molar-refractivity contribution in [3.8, 4) is 0 Å². The van der Waals surface area contributed by atoms with Crippen LogP contribution < -0.4 is 10.9 Å². The zero-order valence-electron chi connectivity index (χ0n) is 18.5. The highest BCUT2D eigenvalue weighted by molar-refractivity contribution is 5.78. The molecule has 0 unspecified atom stereocenters. The second-order valence-electron chi connectivity index (χ2n) is 8.16. The molecule has 0 aliphatic rings. The van der Waals surface area contributed by atoms with Gasteiger partial charge in [-0.05, 0) is 42.0 Å². The number of nitrogens with zero attached hydrogens (tertiary/aromatic N) is 1. The molecule has 1 amide bonds. The first-order chi connectivity index (χ1) is 15.0. The summed E-state index contributed by atoms with van der Waals surface area (Å²) in [5.41, 5.74) is 2.80. The van der Waals surface area contributed by atoms with E-state index in [9.17, 15) is 9.59 Å². The van der Waals surface area contributed by atoms with Gasteiger partial charge < -0.3 is 15.0 Å². The summed E-state index contributed by atoms with van der Waals surface area (Å²) in [4.78, 5) is 31.7. The number of hydrogen-bond acceptors (Lipinski definition) is 4. The summed E-state index contributed by atoms with van der Waals surface area (Å²) in [6.07, 6.45) is 3.43. The minimum atomic E-state index is -0.212. The second kappa shape index (κ2) is 10.9. The number of amides is 1. The van der Waals surface area contributed by atoms with E-state index in [4.69, 9.17) is 4.74 Å². The summed E-state index contributed by atoms with van der Waals surface area (Å²) < 4.78 is 5.52. The summed E-state index contributed by atoms with van der Waals surface area (Å²) in [5.74, 6) is 0.445. The van der Waals surface area contributed by atoms with Gasteiger partial charge in [-0.25, -0.2) is 4.98 Å². The fraction of sp³-hybridized carbons (Fsp3) is 0.400. The highest BCUT2D eigenvalue weighted by atomic mass is 16.5. The largest absolute Gasteiger partial charge is 0.364 e. The maximum atomic E-state index is 12.5. The first-order valence-corrected chi connectivity index (χ1v) is 10.9. The Labute approximate surface area is 183 Å². The molecule has 2 N–H and O–H groups in total. The molecule has 164 valence electrons. The lowest BCUT2D eigenvalue weighted by Gasteiger charge is -2.23. The minimum Gasteiger partial charge on any atom is -0.364 e. The maximum absolute atomic E-state index is 12.5. The molecular formula is C25H31N3O3. The van der Waals surface area contributed by atoms with Crippen LogP contribution in [-0.4, -0.2) is 22.5 Å². The van der Waals surface area contributed by atoms with Crippen LogP contribution in [0.3, 0.4) is 0 Å². The molecule has 1 heterocycles. The van der Waals surface area contributed by atoms with E-state index in [1.165, 1.54) is 18.4 Å². The summed E-state index contributed by atoms with van der Waals surface area (Å²) in [6.45, 7) is 6.32. The molecule has 0 saturated heterocycles. The van der Waals surface area contributed by atoms with Gasteiger partial charge in [-0.1, -0.05) is 63.6 Å². The SMILES string of the molecule is CCCCc1ccc([C@@H](NC(=O)COCc2nc3ccccc3c(=O)[nH]2)C(C)C)cc1. The van der Waals surface area contributed by atoms with Gasteiger partial charge in [0.2, 0.25) is 5.91 Å². The number of aromatic amines is 1. The van der Waals surface area contributed by atoms with E-state index in [1.807, 2.05) is 6.07 Å². The van der Waals surface area contributed by atoms with Gasteiger partial charge in [-0.15, -0.1) is 0 Å². The molecule has 0 saturated carbocycles. The van der Waals surface area contributed by atoms with Crippen LogP contribution in [0.4, 0.5) is 0 Å². The van der Waals surface area contributed by atoms with Crippen molar-refractivity contribution in [1.29, 1.82) is 0 Å². The summed E-state index contributed by atoms with van der Waals surface area (Å²) in [7, 11) is 0. The van der Waals surface area contributed by atoms with E-state index in [1.54, 1.807) is 18.2 Å². The van der Waals surface area contributed by atoms with Gasteiger partial charge in [0.1, 0.15) is 19.0 Å². The molecular weight excluding hydrogens is 390 g/mol. The lowest BCUT2D eigenvalue weighted by molar-refractivity contribution is -0.127. The third-order valence-electron chi connectivity index (χ3n) is 5.27. The van der Waals surface area contributed by atoms with E-state index in [0.29, 0.717) is 16.7 Å². The normalized spacial score (nSPS) is 12.3. The molecule has 31 heavy (non-hydrogen) atoms. The average Bonchev–Trinajstić information content (AvgIpc) is 2.76. The van der Waals surface area contributed by atoms with Crippen LogP contribution in [0.2, 0.25) is 0 Å². The molecule has 1 atom stereocenters. The number of aromatic nitrogens is 2. The highest BCUT2D eigenvalue weighted by Gasteiger charge is 2.18. The molecule has 0 aliphatic heterocycles. The van der Waals surface area contributed by atoms with Gasteiger partial charge >= 0.3 is 0 Å². The molecule has 0 bridgehead atoms. The number of para-hydroxylation sites is 1. The van der Waals surface area contributed by atoms with Crippen molar-refractivity contribution in [3.05, 3.63) is 75.8 Å². The van der Waals surface area contributed by atoms with Crippen LogP contribution in [0.25, 0.3) is 10.9 Å². The second-order valence-corrected chi connectivity index (χ2v) is 8.16. The number of unbranched alkanes of at least 4 members (excludes halogenated alkanes) is 1. The number of benzene rings is 2. The Morgan fingerprint density at radius 2 is 1.87 bits per heavy atom. The van der Waals surface area contributed by atoms with Gasteiger partial charge in [0.15, 0.2) is 0 Å². The number of fused-ring (bicyclic) bond motifs is 1. The van der Waals surface area contributed by atoms with Crippen molar-refractivity contribution in [2.24, 2.45) is 5.92 Å². The van der Waals surface area contributed by atoms with Crippen molar-refractivity contribution < 1.29 is 9.53 Å². The van der Waals surface area contributed by atoms with Crippen molar-refractivity contribution in [2.75, 3.05) is 6.61 Å². The van der Waals surface area contributed by atoms with Gasteiger partial charge in [0, 0.05) is 0 Å². The van der Waals surface area contributed by atoms with Gasteiger partial charge in [-0.3, -0.25) is 9.59 Å². The van der Waals surface area contributed by atoms with Crippen LogP contribution in [0, 0.1) is 5.92 Å². The van der Waals surface area contributed by atoms with Crippen LogP contribution in [-0.2, 0) is 22.6 Å². The van der Waals surface area contributed by atoms with E-state index < -0.39 is 0 Å². The number of nitrogens with one attached hydrogen (secondary N) is 2. The number of carbonyl (C=O) groups is 1. The Hall–Kier alpha value is -2.99. The number of carbonyl (C=O) groups excluding carboxylic acids is 1. The van der Waals surface area contributed by atoms with Crippen LogP contribution in [0.5, 0.6) is 0 Å². The quantitative estimate of drug-likeness (QED) is 0.511. The first kappa shape index (κ1) is 22.7. The average molecular weight is 422 g/mol. The van der Waals surface area contributed by atoms with Crippen molar-refractivity contribution in [1.82, 2.24) is 15.3 Å². The van der Waals surface area contributed by atoms with Crippen LogP contribution >= 0.6 is 0 Å². The molecule has 0 aliphatic carbocycles. The Kier molecular flexibility index (Phi) is 7.95. The van der Waals surface area contributed by atoms with Gasteiger partial charge in [0.05, 0.1) is 16.9 Å². The zero-order chi connectivity index (χ0) is 22.2. The third kappa shape index (κ3) is 6.25. The number of H-pyrrole nitrogens is 1. The predicted octanol–water partition coefficient (Wildman–Crippen LogP) is 4.30. The smallest absolute Gasteiger partial charge is 0.258 e. The van der Waals surface area contributed by atoms with Crippen molar-refractivity contribution in [3.63, 3.8) is 0 Å². The molecule has 3 aromatic rings. The summed E-state index contributed by atoms with van der Waals surface area (Å²) >= 11 is 0. The lowest BCUT2D eigenvalue weighted by atomic mass is 9.94. The zero-order valence-corrected chi connectivity index (χ0v) is 18.5. The fourth-order valence-corrected chi connectivity index (χ4v) is 3.57. The standard InChI is InChI=1S/C25H31N3O3/c1-4-5-8-18-11-13-19(14-12-18)24(17(2)3)28-23(29)16-31-15-22-26-21-10-7-6-9-20(21)25(30)27-22/h6-7,9-14,17,24H,4-5,8,15-16H2,1-3H3,(H,28,29)(H,26,27,30)/t24-/m0/s1. The molecule has 0 spiro atoms. The molecule has 3 rings (SSSR count). The molecule has 6 heteroatoms. The summed E-state index contributed by atoms with van der Waals surface area (Å²) in [6, 6.07) is 15.5. The first-order valence-electron chi connectivity index (χ1n) is 10.9. The van der Waals surface area contributed by atoms with Crippen LogP contribution in [0.1, 0.15) is 56.6 Å². The molecule has 6 nitrogen and oxygen atoms in total. The molecule has 2 aromatic carbocycles. The van der Waals surface area contributed by atoms with Gasteiger partial charge in [0.25, 0.3) is 5.56 Å². The Morgan fingerprint density at radius 3 is 2.58 bits per heavy atom. The minimum absolute atomic E-state index is 0.0615. The highest BCUT2D eigenvalue weighted by Crippen LogP contribution is 2.22. The maximum Gasteiger partial charge on any atom is 0.258 e. The number of hydrogen-bond donors (Lipinski definition) is 2. The Balaban J connectivity index is 1.56. The van der Waals surface area contributed by atoms with Crippen LogP contribution in [0.15, 0.2) is 53.3 Å². The van der Waals surface area contributed by atoms with Crippen molar-refractivity contribution in [2.45, 2.75) is 52.7 Å².